The third kappa shape index (κ3) is 10.8. The molecule has 0 bridgehead atoms. The van der Waals surface area contributed by atoms with Gasteiger partial charge in [-0.3, -0.25) is 9.59 Å². The zero-order valence-corrected chi connectivity index (χ0v) is 20.8. The molecule has 1 aliphatic heterocycles. The van der Waals surface area contributed by atoms with Crippen molar-refractivity contribution >= 4 is 11.9 Å². The summed E-state index contributed by atoms with van der Waals surface area (Å²) in [6, 6.07) is 0.306. The number of ether oxygens (including phenoxy) is 1. The molecular formula is C25H48N2O3. The van der Waals surface area contributed by atoms with Crippen molar-refractivity contribution in [2.45, 2.75) is 142 Å². The topological polar surface area (TPSA) is 58.6 Å². The van der Waals surface area contributed by atoms with Crippen LogP contribution in [0.3, 0.4) is 0 Å². The minimum Gasteiger partial charge on any atom is -0.463 e. The molecular weight excluding hydrogens is 376 g/mol. The van der Waals surface area contributed by atoms with Crippen LogP contribution in [0.5, 0.6) is 0 Å². The van der Waals surface area contributed by atoms with E-state index in [9.17, 15) is 9.59 Å². The second-order valence-electron chi connectivity index (χ2n) is 10.6. The molecule has 1 rings (SSSR count). The van der Waals surface area contributed by atoms with Crippen molar-refractivity contribution in [3.8, 4) is 0 Å². The van der Waals surface area contributed by atoms with E-state index in [4.69, 9.17) is 4.74 Å². The number of carbonyl (C=O) groups excluding carboxylic acids is 2. The number of hydrogen-bond donors (Lipinski definition) is 1. The third-order valence-electron chi connectivity index (χ3n) is 6.15. The lowest BCUT2D eigenvalue weighted by atomic mass is 9.79. The van der Waals surface area contributed by atoms with E-state index in [0.29, 0.717) is 6.04 Å². The fraction of sp³-hybridized carbons (Fsp3) is 0.920. The number of nitrogens with one attached hydrogen (secondary N) is 1. The van der Waals surface area contributed by atoms with Crippen LogP contribution >= 0.6 is 0 Å². The fourth-order valence-electron chi connectivity index (χ4n) is 5.21. The molecule has 1 unspecified atom stereocenters. The minimum absolute atomic E-state index is 0.0453. The lowest BCUT2D eigenvalue weighted by Gasteiger charge is -2.49. The molecule has 0 aromatic heterocycles. The predicted octanol–water partition coefficient (Wildman–Crippen LogP) is 5.61. The molecule has 0 saturated carbocycles. The van der Waals surface area contributed by atoms with E-state index in [1.807, 2.05) is 0 Å². The first-order valence-corrected chi connectivity index (χ1v) is 12.2. The highest BCUT2D eigenvalue weighted by atomic mass is 16.5. The second kappa shape index (κ2) is 12.7. The van der Waals surface area contributed by atoms with Crippen LogP contribution in [0.1, 0.15) is 119 Å². The molecule has 0 spiro atoms. The molecule has 176 valence electrons. The van der Waals surface area contributed by atoms with E-state index in [1.165, 1.54) is 19.8 Å². The van der Waals surface area contributed by atoms with Gasteiger partial charge in [0.2, 0.25) is 5.91 Å². The third-order valence-corrected chi connectivity index (χ3v) is 6.15. The van der Waals surface area contributed by atoms with Crippen molar-refractivity contribution in [3.63, 3.8) is 0 Å². The zero-order chi connectivity index (χ0) is 22.8. The van der Waals surface area contributed by atoms with Gasteiger partial charge in [-0.05, 0) is 72.6 Å². The monoisotopic (exact) mass is 424 g/mol. The van der Waals surface area contributed by atoms with Crippen LogP contribution in [0.4, 0.5) is 0 Å². The summed E-state index contributed by atoms with van der Waals surface area (Å²) in [5.74, 6) is 0.0285. The Hall–Kier alpha value is -1.10. The van der Waals surface area contributed by atoms with Gasteiger partial charge < -0.3 is 15.0 Å². The standard InChI is InChI=1S/C25H48N2O3/c1-8-9-12-15-23(30-21(3)29)16-13-10-11-14-17-27(20(2)28)22-18-24(4,5)26-25(6,7)19-22/h22-23,26H,8-19H2,1-7H3. The second-order valence-corrected chi connectivity index (χ2v) is 10.6. The molecule has 1 saturated heterocycles. The Morgan fingerprint density at radius 1 is 0.933 bits per heavy atom. The number of esters is 1. The van der Waals surface area contributed by atoms with E-state index in [2.05, 4.69) is 44.8 Å². The molecule has 0 aromatic rings. The normalized spacial score (nSPS) is 19.3. The molecule has 30 heavy (non-hydrogen) atoms. The molecule has 1 heterocycles. The van der Waals surface area contributed by atoms with Gasteiger partial charge in [0.15, 0.2) is 0 Å². The average Bonchev–Trinajstić information content (AvgIpc) is 2.57. The van der Waals surface area contributed by atoms with Gasteiger partial charge in [-0.1, -0.05) is 32.6 Å². The van der Waals surface area contributed by atoms with Gasteiger partial charge in [0.25, 0.3) is 0 Å². The van der Waals surface area contributed by atoms with Gasteiger partial charge >= 0.3 is 5.97 Å². The van der Waals surface area contributed by atoms with Crippen molar-refractivity contribution in [1.29, 1.82) is 0 Å². The van der Waals surface area contributed by atoms with Crippen LogP contribution in [-0.2, 0) is 14.3 Å². The van der Waals surface area contributed by atoms with Gasteiger partial charge in [0.1, 0.15) is 6.10 Å². The summed E-state index contributed by atoms with van der Waals surface area (Å²) >= 11 is 0. The molecule has 5 heteroatoms. The van der Waals surface area contributed by atoms with Crippen LogP contribution in [-0.4, -0.2) is 46.5 Å². The van der Waals surface area contributed by atoms with Crippen molar-refractivity contribution in [2.24, 2.45) is 0 Å². The van der Waals surface area contributed by atoms with E-state index in [0.717, 1.165) is 64.3 Å². The maximum absolute atomic E-state index is 12.4. The molecule has 5 nitrogen and oxygen atoms in total. The molecule has 0 aromatic carbocycles. The van der Waals surface area contributed by atoms with Crippen molar-refractivity contribution < 1.29 is 14.3 Å². The van der Waals surface area contributed by atoms with Crippen molar-refractivity contribution in [3.05, 3.63) is 0 Å². The average molecular weight is 425 g/mol. The largest absolute Gasteiger partial charge is 0.463 e. The van der Waals surface area contributed by atoms with Crippen LogP contribution in [0, 0.1) is 0 Å². The molecule has 1 N–H and O–H groups in total. The van der Waals surface area contributed by atoms with E-state index in [1.54, 1.807) is 6.92 Å². The van der Waals surface area contributed by atoms with Gasteiger partial charge in [-0.15, -0.1) is 0 Å². The van der Waals surface area contributed by atoms with Gasteiger partial charge in [-0.2, -0.15) is 0 Å². The van der Waals surface area contributed by atoms with E-state index in [-0.39, 0.29) is 29.1 Å². The zero-order valence-electron chi connectivity index (χ0n) is 20.8. The maximum Gasteiger partial charge on any atom is 0.302 e. The SMILES string of the molecule is CCCCCC(CCCCCCN(C(C)=O)C1CC(C)(C)NC(C)(C)C1)OC(C)=O. The maximum atomic E-state index is 12.4. The molecule has 1 aliphatic rings. The Bertz CT molecular complexity index is 514. The Labute approximate surface area is 185 Å². The van der Waals surface area contributed by atoms with Crippen LogP contribution in [0.15, 0.2) is 0 Å². The number of rotatable bonds is 13. The Morgan fingerprint density at radius 2 is 1.47 bits per heavy atom. The number of unbranched alkanes of at least 4 members (excludes halogenated alkanes) is 5. The predicted molar refractivity (Wildman–Crippen MR) is 124 cm³/mol. The smallest absolute Gasteiger partial charge is 0.302 e. The number of nitrogens with zero attached hydrogens (tertiary/aromatic N) is 1. The summed E-state index contributed by atoms with van der Waals surface area (Å²) in [5.41, 5.74) is 0.0905. The lowest BCUT2D eigenvalue weighted by Crippen LogP contribution is -2.62. The number of hydrogen-bond acceptors (Lipinski definition) is 4. The van der Waals surface area contributed by atoms with Gasteiger partial charge in [0.05, 0.1) is 0 Å². The quantitative estimate of drug-likeness (QED) is 0.308. The Morgan fingerprint density at radius 3 is 1.97 bits per heavy atom. The van der Waals surface area contributed by atoms with E-state index < -0.39 is 0 Å². The molecule has 0 radical (unpaired) electrons. The van der Waals surface area contributed by atoms with Gasteiger partial charge in [-0.25, -0.2) is 0 Å². The summed E-state index contributed by atoms with van der Waals surface area (Å²) in [6.45, 7) is 15.2. The van der Waals surface area contributed by atoms with Crippen LogP contribution in [0.25, 0.3) is 0 Å². The highest BCUT2D eigenvalue weighted by Crippen LogP contribution is 2.32. The number of carbonyl (C=O) groups is 2. The highest BCUT2D eigenvalue weighted by molar-refractivity contribution is 5.73. The summed E-state index contributed by atoms with van der Waals surface area (Å²) < 4.78 is 5.49. The number of amides is 1. The first kappa shape index (κ1) is 26.9. The lowest BCUT2D eigenvalue weighted by molar-refractivity contribution is -0.147. The Kier molecular flexibility index (Phi) is 11.4. The Balaban J connectivity index is 2.40. The van der Waals surface area contributed by atoms with Crippen LogP contribution in [0.2, 0.25) is 0 Å². The van der Waals surface area contributed by atoms with E-state index >= 15 is 0 Å². The van der Waals surface area contributed by atoms with Gasteiger partial charge in [0, 0.05) is 37.5 Å². The molecule has 1 fully saturated rings. The first-order valence-electron chi connectivity index (χ1n) is 12.2. The molecule has 1 atom stereocenters. The summed E-state index contributed by atoms with van der Waals surface area (Å²) in [5, 5.41) is 3.71. The molecule has 1 amide bonds. The number of piperidine rings is 1. The summed E-state index contributed by atoms with van der Waals surface area (Å²) in [4.78, 5) is 25.8. The highest BCUT2D eigenvalue weighted by Gasteiger charge is 2.40. The van der Waals surface area contributed by atoms with Crippen molar-refractivity contribution in [1.82, 2.24) is 10.2 Å². The summed E-state index contributed by atoms with van der Waals surface area (Å²) in [7, 11) is 0. The first-order chi connectivity index (χ1) is 14.0. The molecule has 0 aliphatic carbocycles. The van der Waals surface area contributed by atoms with Crippen molar-refractivity contribution in [2.75, 3.05) is 6.54 Å². The minimum atomic E-state index is -0.165. The fourth-order valence-corrected chi connectivity index (χ4v) is 5.21. The van der Waals surface area contributed by atoms with Crippen LogP contribution < -0.4 is 5.32 Å². The summed E-state index contributed by atoms with van der Waals surface area (Å²) in [6.07, 6.45) is 11.9.